The van der Waals surface area contributed by atoms with Crippen molar-refractivity contribution >= 4 is 5.97 Å². The highest BCUT2D eigenvalue weighted by Gasteiger charge is 2.15. The predicted molar refractivity (Wildman–Crippen MR) is 95.5 cm³/mol. The minimum absolute atomic E-state index is 0.0510. The molecule has 0 aromatic carbocycles. The first-order chi connectivity index (χ1) is 11.6. The van der Waals surface area contributed by atoms with Crippen LogP contribution >= 0.6 is 0 Å². The van der Waals surface area contributed by atoms with Crippen molar-refractivity contribution < 1.29 is 24.9 Å². The Bertz CT molecular complexity index is 283. The predicted octanol–water partition coefficient (Wildman–Crippen LogP) is 3.68. The molecule has 0 saturated carbocycles. The molecule has 3 N–H and O–H groups in total. The number of rotatable bonds is 17. The molecule has 0 aliphatic heterocycles. The normalized spacial score (nSPS) is 13.7. The zero-order valence-electron chi connectivity index (χ0n) is 15.4. The van der Waals surface area contributed by atoms with Gasteiger partial charge in [-0.1, -0.05) is 71.1 Å². The molecular weight excluding hydrogens is 308 g/mol. The maximum Gasteiger partial charge on any atom is 0.308 e. The summed E-state index contributed by atoms with van der Waals surface area (Å²) in [6, 6.07) is 0. The number of carbonyl (C=O) groups excluding carboxylic acids is 1. The van der Waals surface area contributed by atoms with E-state index in [1.165, 1.54) is 51.4 Å². The average molecular weight is 347 g/mol. The fraction of sp³-hybridized carbons (Fsp3) is 0.947. The van der Waals surface area contributed by atoms with Crippen LogP contribution in [0.2, 0.25) is 0 Å². The molecule has 0 amide bonds. The van der Waals surface area contributed by atoms with Crippen molar-refractivity contribution in [2.24, 2.45) is 0 Å². The lowest BCUT2D eigenvalue weighted by Gasteiger charge is -2.15. The summed E-state index contributed by atoms with van der Waals surface area (Å²) < 4.78 is 4.83. The molecule has 0 aromatic heterocycles. The zero-order valence-corrected chi connectivity index (χ0v) is 15.4. The maximum absolute atomic E-state index is 11.5. The standard InChI is InChI=1S/C19H38O5/c1-2-3-4-5-6-7-8-9-10-11-12-13-18(22)24-19(23)16-17(21)14-15-20/h17,19-21,23H,2-16H2,1H3. The fourth-order valence-corrected chi connectivity index (χ4v) is 2.69. The molecular formula is C19H38O5. The molecule has 0 heterocycles. The van der Waals surface area contributed by atoms with E-state index in [1.54, 1.807) is 0 Å². The van der Waals surface area contributed by atoms with Crippen molar-refractivity contribution in [1.82, 2.24) is 0 Å². The largest absolute Gasteiger partial charge is 0.436 e. The van der Waals surface area contributed by atoms with E-state index in [2.05, 4.69) is 6.92 Å². The summed E-state index contributed by atoms with van der Waals surface area (Å²) in [6.45, 7) is 2.08. The lowest BCUT2D eigenvalue weighted by atomic mass is 10.1. The van der Waals surface area contributed by atoms with Crippen LogP contribution in [0.4, 0.5) is 0 Å². The minimum Gasteiger partial charge on any atom is -0.436 e. The van der Waals surface area contributed by atoms with Crippen LogP contribution < -0.4 is 0 Å². The molecule has 0 fully saturated rings. The van der Waals surface area contributed by atoms with E-state index in [-0.39, 0.29) is 19.4 Å². The van der Waals surface area contributed by atoms with Crippen LogP contribution in [0.5, 0.6) is 0 Å². The summed E-state index contributed by atoms with van der Waals surface area (Å²) in [7, 11) is 0. The van der Waals surface area contributed by atoms with Gasteiger partial charge in [-0.15, -0.1) is 0 Å². The van der Waals surface area contributed by atoms with Gasteiger partial charge in [0.2, 0.25) is 6.29 Å². The van der Waals surface area contributed by atoms with Gasteiger partial charge in [-0.2, -0.15) is 0 Å². The van der Waals surface area contributed by atoms with Crippen molar-refractivity contribution in [3.8, 4) is 0 Å². The quantitative estimate of drug-likeness (QED) is 0.212. The molecule has 0 spiro atoms. The number of hydrogen-bond acceptors (Lipinski definition) is 5. The fourth-order valence-electron chi connectivity index (χ4n) is 2.69. The van der Waals surface area contributed by atoms with Crippen LogP contribution in [-0.4, -0.2) is 40.3 Å². The number of aliphatic hydroxyl groups is 3. The molecule has 0 bridgehead atoms. The smallest absolute Gasteiger partial charge is 0.308 e. The van der Waals surface area contributed by atoms with E-state index in [0.29, 0.717) is 6.42 Å². The highest BCUT2D eigenvalue weighted by Crippen LogP contribution is 2.12. The van der Waals surface area contributed by atoms with Gasteiger partial charge in [-0.25, -0.2) is 0 Å². The molecule has 0 rings (SSSR count). The second-order valence-corrected chi connectivity index (χ2v) is 6.63. The zero-order chi connectivity index (χ0) is 18.0. The van der Waals surface area contributed by atoms with Gasteiger partial charge < -0.3 is 20.1 Å². The Hall–Kier alpha value is -0.650. The Labute approximate surface area is 147 Å². The van der Waals surface area contributed by atoms with E-state index in [1.807, 2.05) is 0 Å². The minimum atomic E-state index is -1.29. The molecule has 2 atom stereocenters. The van der Waals surface area contributed by atoms with E-state index >= 15 is 0 Å². The summed E-state index contributed by atoms with van der Waals surface area (Å²) in [6.07, 6.45) is 11.7. The van der Waals surface area contributed by atoms with Gasteiger partial charge >= 0.3 is 5.97 Å². The first-order valence-electron chi connectivity index (χ1n) is 9.76. The highest BCUT2D eigenvalue weighted by molar-refractivity contribution is 5.69. The van der Waals surface area contributed by atoms with Crippen LogP contribution in [0.1, 0.15) is 96.8 Å². The molecule has 0 aliphatic rings. The monoisotopic (exact) mass is 346 g/mol. The SMILES string of the molecule is CCCCCCCCCCCCCC(=O)OC(O)CC(O)CCO. The summed E-state index contributed by atoms with van der Waals surface area (Å²) in [5.41, 5.74) is 0. The Morgan fingerprint density at radius 3 is 1.88 bits per heavy atom. The Morgan fingerprint density at radius 2 is 1.38 bits per heavy atom. The number of carbonyl (C=O) groups is 1. The average Bonchev–Trinajstić information content (AvgIpc) is 2.52. The number of hydrogen-bond donors (Lipinski definition) is 3. The van der Waals surface area contributed by atoms with E-state index in [9.17, 15) is 15.0 Å². The Morgan fingerprint density at radius 1 is 0.875 bits per heavy atom. The first kappa shape index (κ1) is 23.4. The molecule has 0 saturated heterocycles. The molecule has 2 unspecified atom stereocenters. The van der Waals surface area contributed by atoms with Crippen LogP contribution in [0, 0.1) is 0 Å². The number of esters is 1. The van der Waals surface area contributed by atoms with Crippen molar-refractivity contribution in [1.29, 1.82) is 0 Å². The van der Waals surface area contributed by atoms with Crippen LogP contribution in [0.3, 0.4) is 0 Å². The van der Waals surface area contributed by atoms with Gasteiger partial charge in [0.15, 0.2) is 0 Å². The highest BCUT2D eigenvalue weighted by atomic mass is 16.6. The lowest BCUT2D eigenvalue weighted by Crippen LogP contribution is -2.24. The van der Waals surface area contributed by atoms with Crippen LogP contribution in [-0.2, 0) is 9.53 Å². The van der Waals surface area contributed by atoms with Gasteiger partial charge in [0.05, 0.1) is 6.10 Å². The third-order valence-electron chi connectivity index (χ3n) is 4.19. The van der Waals surface area contributed by atoms with Crippen LogP contribution in [0.25, 0.3) is 0 Å². The third kappa shape index (κ3) is 16.2. The number of ether oxygens (including phenoxy) is 1. The van der Waals surface area contributed by atoms with Gasteiger partial charge in [0.25, 0.3) is 0 Å². The van der Waals surface area contributed by atoms with E-state index in [0.717, 1.165) is 19.3 Å². The summed E-state index contributed by atoms with van der Waals surface area (Å²) in [4.78, 5) is 11.5. The van der Waals surface area contributed by atoms with Crippen molar-refractivity contribution in [2.45, 2.75) is 109 Å². The molecule has 5 heteroatoms. The maximum atomic E-state index is 11.5. The number of unbranched alkanes of at least 4 members (excludes halogenated alkanes) is 10. The Kier molecular flexibility index (Phi) is 16.7. The summed E-state index contributed by atoms with van der Waals surface area (Å²) in [5.74, 6) is -0.422. The molecule has 0 aliphatic carbocycles. The van der Waals surface area contributed by atoms with Crippen molar-refractivity contribution in [2.75, 3.05) is 6.61 Å². The van der Waals surface area contributed by atoms with Crippen molar-refractivity contribution in [3.63, 3.8) is 0 Å². The second-order valence-electron chi connectivity index (χ2n) is 6.63. The van der Waals surface area contributed by atoms with E-state index in [4.69, 9.17) is 9.84 Å². The number of aliphatic hydroxyl groups excluding tert-OH is 3. The lowest BCUT2D eigenvalue weighted by molar-refractivity contribution is -0.172. The summed E-state index contributed by atoms with van der Waals surface area (Å²) >= 11 is 0. The van der Waals surface area contributed by atoms with Crippen molar-refractivity contribution in [3.05, 3.63) is 0 Å². The van der Waals surface area contributed by atoms with Gasteiger partial charge in [0.1, 0.15) is 0 Å². The molecule has 24 heavy (non-hydrogen) atoms. The topological polar surface area (TPSA) is 87.0 Å². The summed E-state index contributed by atoms with van der Waals surface area (Å²) in [5, 5.41) is 27.6. The van der Waals surface area contributed by atoms with E-state index < -0.39 is 18.4 Å². The van der Waals surface area contributed by atoms with Crippen LogP contribution in [0.15, 0.2) is 0 Å². The molecule has 0 radical (unpaired) electrons. The molecule has 0 aromatic rings. The van der Waals surface area contributed by atoms with Gasteiger partial charge in [-0.05, 0) is 12.8 Å². The molecule has 144 valence electrons. The Balaban J connectivity index is 3.37. The molecule has 5 nitrogen and oxygen atoms in total. The van der Waals surface area contributed by atoms with Gasteiger partial charge in [-0.3, -0.25) is 4.79 Å². The van der Waals surface area contributed by atoms with Gasteiger partial charge in [0, 0.05) is 19.4 Å². The third-order valence-corrected chi connectivity index (χ3v) is 4.19. The first-order valence-corrected chi connectivity index (χ1v) is 9.76. The second kappa shape index (κ2) is 17.2.